The molecule has 1 aliphatic rings. The number of aromatic nitrogens is 5. The van der Waals surface area contributed by atoms with E-state index in [0.717, 1.165) is 29.5 Å². The number of rotatable bonds is 5. The molecule has 0 unspecified atom stereocenters. The van der Waals surface area contributed by atoms with Gasteiger partial charge in [-0.3, -0.25) is 4.98 Å². The van der Waals surface area contributed by atoms with E-state index in [1.54, 1.807) is 17.3 Å². The van der Waals surface area contributed by atoms with Gasteiger partial charge in [0.2, 0.25) is 5.88 Å². The van der Waals surface area contributed by atoms with Crippen LogP contribution in [0.4, 0.5) is 4.79 Å². The molecule has 0 radical (unpaired) electrons. The summed E-state index contributed by atoms with van der Waals surface area (Å²) in [5, 5.41) is 5.31. The molecule has 4 heterocycles. The molecule has 1 fully saturated rings. The molecule has 5 rings (SSSR count). The quantitative estimate of drug-likeness (QED) is 0.408. The third-order valence-corrected chi connectivity index (χ3v) is 5.79. The third-order valence-electron chi connectivity index (χ3n) is 5.79. The van der Waals surface area contributed by atoms with Crippen LogP contribution in [0.2, 0.25) is 0 Å². The molecule has 0 atom stereocenters. The van der Waals surface area contributed by atoms with Crippen LogP contribution in [0.5, 0.6) is 11.6 Å². The third kappa shape index (κ3) is 4.94. The first-order valence-corrected chi connectivity index (χ1v) is 10.9. The van der Waals surface area contributed by atoms with Crippen molar-refractivity contribution >= 4 is 29.5 Å². The van der Waals surface area contributed by atoms with E-state index in [2.05, 4.69) is 20.1 Å². The van der Waals surface area contributed by atoms with Gasteiger partial charge in [-0.2, -0.15) is 5.10 Å². The van der Waals surface area contributed by atoms with Crippen LogP contribution in [0.1, 0.15) is 30.1 Å². The Bertz CT molecular complexity index is 1260. The number of aryl methyl sites for hydroxylation is 1. The highest BCUT2D eigenvalue weighted by atomic mass is 35.5. The number of carbonyl (C=O) groups excluding carboxylic acids is 1. The predicted octanol–water partition coefficient (Wildman–Crippen LogP) is 4.72. The van der Waals surface area contributed by atoms with Crippen LogP contribution in [0.25, 0.3) is 11.0 Å². The number of carbonyl (C=O) groups is 1. The lowest BCUT2D eigenvalue weighted by molar-refractivity contribution is 0.0824. The fourth-order valence-electron chi connectivity index (χ4n) is 3.97. The van der Waals surface area contributed by atoms with Gasteiger partial charge >= 0.3 is 6.09 Å². The van der Waals surface area contributed by atoms with Crippen molar-refractivity contribution in [2.24, 2.45) is 0 Å². The van der Waals surface area contributed by atoms with E-state index >= 15 is 0 Å². The molecule has 0 aliphatic carbocycles. The van der Waals surface area contributed by atoms with Gasteiger partial charge in [0.25, 0.3) is 0 Å². The lowest BCUT2D eigenvalue weighted by Crippen LogP contribution is -2.39. The van der Waals surface area contributed by atoms with Crippen molar-refractivity contribution in [2.45, 2.75) is 32.4 Å². The van der Waals surface area contributed by atoms with Gasteiger partial charge in [0.1, 0.15) is 18.3 Å². The van der Waals surface area contributed by atoms with E-state index in [-0.39, 0.29) is 31.1 Å². The number of likely N-dealkylation sites (tertiary alicyclic amines) is 1. The number of nitrogens with zero attached hydrogens (tertiary/aromatic N) is 6. The number of hydrogen-bond donors (Lipinski definition) is 0. The maximum atomic E-state index is 12.5. The summed E-state index contributed by atoms with van der Waals surface area (Å²) in [6.07, 6.45) is 6.18. The van der Waals surface area contributed by atoms with E-state index in [4.69, 9.17) is 9.47 Å². The highest BCUT2D eigenvalue weighted by Crippen LogP contribution is 2.31. The zero-order valence-corrected chi connectivity index (χ0v) is 19.5. The summed E-state index contributed by atoms with van der Waals surface area (Å²) in [6.45, 7) is 3.36. The highest BCUT2D eigenvalue weighted by molar-refractivity contribution is 5.85. The van der Waals surface area contributed by atoms with Gasteiger partial charge in [-0.25, -0.2) is 19.4 Å². The van der Waals surface area contributed by atoms with E-state index in [0.29, 0.717) is 30.4 Å². The summed E-state index contributed by atoms with van der Waals surface area (Å²) in [7, 11) is 0. The summed E-state index contributed by atoms with van der Waals surface area (Å²) < 4.78 is 13.4. The van der Waals surface area contributed by atoms with E-state index < -0.39 is 0 Å². The van der Waals surface area contributed by atoms with Crippen LogP contribution >= 0.6 is 12.4 Å². The highest BCUT2D eigenvalue weighted by Gasteiger charge is 2.27. The zero-order valence-electron chi connectivity index (χ0n) is 18.7. The number of piperidine rings is 1. The Labute approximate surface area is 203 Å². The second-order valence-electron chi connectivity index (χ2n) is 7.95. The molecule has 0 spiro atoms. The van der Waals surface area contributed by atoms with Crippen molar-refractivity contribution in [3.8, 4) is 11.6 Å². The van der Waals surface area contributed by atoms with Crippen LogP contribution in [0.15, 0.2) is 61.2 Å². The molecule has 1 aliphatic heterocycles. The van der Waals surface area contributed by atoms with E-state index in [1.165, 1.54) is 6.33 Å². The average molecular weight is 481 g/mol. The molecule has 10 heteroatoms. The minimum Gasteiger partial charge on any atom is -0.445 e. The van der Waals surface area contributed by atoms with Crippen molar-refractivity contribution < 1.29 is 14.3 Å². The Morgan fingerprint density at radius 2 is 1.85 bits per heavy atom. The lowest BCUT2D eigenvalue weighted by Gasteiger charge is -2.31. The predicted molar refractivity (Wildman–Crippen MR) is 128 cm³/mol. The molecule has 1 amide bonds. The van der Waals surface area contributed by atoms with Crippen LogP contribution in [0, 0.1) is 6.92 Å². The van der Waals surface area contributed by atoms with Gasteiger partial charge in [-0.15, -0.1) is 12.4 Å². The van der Waals surface area contributed by atoms with Crippen LogP contribution < -0.4 is 4.74 Å². The molecule has 34 heavy (non-hydrogen) atoms. The van der Waals surface area contributed by atoms with Gasteiger partial charge in [-0.1, -0.05) is 30.3 Å². The molecule has 3 aromatic heterocycles. The molecule has 1 aromatic carbocycles. The molecule has 1 saturated heterocycles. The number of benzene rings is 1. The summed E-state index contributed by atoms with van der Waals surface area (Å²) in [5.41, 5.74) is 2.47. The topological polar surface area (TPSA) is 95.3 Å². The van der Waals surface area contributed by atoms with Gasteiger partial charge in [0.05, 0.1) is 17.9 Å². The maximum absolute atomic E-state index is 12.5. The lowest BCUT2D eigenvalue weighted by atomic mass is 10.1. The van der Waals surface area contributed by atoms with E-state index in [1.807, 2.05) is 54.1 Å². The Kier molecular flexibility index (Phi) is 7.22. The number of halogens is 1. The van der Waals surface area contributed by atoms with Gasteiger partial charge in [0.15, 0.2) is 11.4 Å². The molecule has 0 N–H and O–H groups in total. The first-order chi connectivity index (χ1) is 16.2. The van der Waals surface area contributed by atoms with E-state index in [9.17, 15) is 4.79 Å². The Balaban J connectivity index is 0.00000274. The van der Waals surface area contributed by atoms with Crippen molar-refractivity contribution in [1.82, 2.24) is 29.6 Å². The largest absolute Gasteiger partial charge is 0.445 e. The van der Waals surface area contributed by atoms with Crippen molar-refractivity contribution in [3.05, 3.63) is 72.4 Å². The Hall–Kier alpha value is -3.72. The van der Waals surface area contributed by atoms with Gasteiger partial charge in [0, 0.05) is 19.3 Å². The van der Waals surface area contributed by atoms with Gasteiger partial charge < -0.3 is 14.4 Å². The van der Waals surface area contributed by atoms with Crippen molar-refractivity contribution in [3.63, 3.8) is 0 Å². The van der Waals surface area contributed by atoms with Crippen LogP contribution in [-0.4, -0.2) is 48.8 Å². The molecule has 0 saturated carbocycles. The van der Waals surface area contributed by atoms with Crippen molar-refractivity contribution in [1.29, 1.82) is 0 Å². The number of fused-ring (bicyclic) bond motifs is 1. The Morgan fingerprint density at radius 1 is 1.06 bits per heavy atom. The molecule has 4 aromatic rings. The fraction of sp³-hybridized carbons (Fsp3) is 0.292. The minimum absolute atomic E-state index is 0. The summed E-state index contributed by atoms with van der Waals surface area (Å²) in [6, 6.07) is 13.5. The maximum Gasteiger partial charge on any atom is 0.410 e. The zero-order chi connectivity index (χ0) is 22.6. The van der Waals surface area contributed by atoms with Crippen LogP contribution in [-0.2, 0) is 11.3 Å². The SMILES string of the molecule is Cc1ncccc1Oc1ncnc2c1cnn2C1CCN(C(=O)OCc2ccccc2)CC1.Cl. The number of hydrogen-bond acceptors (Lipinski definition) is 7. The first-order valence-electron chi connectivity index (χ1n) is 10.9. The van der Waals surface area contributed by atoms with Crippen LogP contribution in [0.3, 0.4) is 0 Å². The smallest absolute Gasteiger partial charge is 0.410 e. The fourth-order valence-corrected chi connectivity index (χ4v) is 3.97. The summed E-state index contributed by atoms with van der Waals surface area (Å²) in [4.78, 5) is 27.2. The summed E-state index contributed by atoms with van der Waals surface area (Å²) in [5.74, 6) is 1.09. The normalized spacial score (nSPS) is 14.0. The minimum atomic E-state index is -0.285. The molecular weight excluding hydrogens is 456 g/mol. The first kappa shape index (κ1) is 23.4. The van der Waals surface area contributed by atoms with Gasteiger partial charge in [-0.05, 0) is 37.5 Å². The average Bonchev–Trinajstić information content (AvgIpc) is 3.30. The number of pyridine rings is 1. The summed E-state index contributed by atoms with van der Waals surface area (Å²) >= 11 is 0. The number of ether oxygens (including phenoxy) is 2. The molecule has 0 bridgehead atoms. The van der Waals surface area contributed by atoms with Crippen molar-refractivity contribution in [2.75, 3.05) is 13.1 Å². The molecular formula is C24H25ClN6O3. The standard InChI is InChI=1S/C24H24N6O3.ClH/c1-17-21(8-5-11-25-17)33-23-20-14-28-30(22(20)26-16-27-23)19-9-12-29(13-10-19)24(31)32-15-18-6-3-2-4-7-18;/h2-8,11,14,16,19H,9-10,12-13,15H2,1H3;1H. The second-order valence-corrected chi connectivity index (χ2v) is 7.95. The monoisotopic (exact) mass is 480 g/mol. The Morgan fingerprint density at radius 3 is 2.62 bits per heavy atom. The molecule has 9 nitrogen and oxygen atoms in total. The molecule has 176 valence electrons. The second kappa shape index (κ2) is 10.5. The number of amides is 1.